The Kier molecular flexibility index (Phi) is 3.41. The fourth-order valence-corrected chi connectivity index (χ4v) is 3.24. The maximum absolute atomic E-state index is 11.4. The molecule has 0 atom stereocenters. The number of carbonyl (C=O) groups is 1. The maximum atomic E-state index is 11.4. The molecule has 2 heterocycles. The Morgan fingerprint density at radius 1 is 1.44 bits per heavy atom. The maximum Gasteiger partial charge on any atom is 0.180 e. The molecular formula is C10H14N2O2S2. The van der Waals surface area contributed by atoms with E-state index in [1.54, 1.807) is 6.92 Å². The van der Waals surface area contributed by atoms with Crippen molar-refractivity contribution in [3.05, 3.63) is 14.5 Å². The number of hydrogen-bond acceptors (Lipinski definition) is 5. The van der Waals surface area contributed by atoms with Gasteiger partial charge in [0.2, 0.25) is 0 Å². The number of rotatable bonds is 2. The highest BCUT2D eigenvalue weighted by Gasteiger charge is 2.18. The minimum absolute atomic E-state index is 0.0839. The summed E-state index contributed by atoms with van der Waals surface area (Å²) in [7, 11) is 0. The first-order valence-electron chi connectivity index (χ1n) is 5.17. The third kappa shape index (κ3) is 2.05. The van der Waals surface area contributed by atoms with E-state index in [1.165, 1.54) is 11.3 Å². The molecule has 1 saturated heterocycles. The number of ether oxygens (including phenoxy) is 1. The second kappa shape index (κ2) is 4.65. The standard InChI is InChI=1S/C10H14N2O2S2/c1-7-9(8(2)13)16-10(15)12(7)11-3-5-14-6-4-11/h3-6H2,1-2H3. The molecule has 88 valence electrons. The van der Waals surface area contributed by atoms with Gasteiger partial charge < -0.3 is 9.75 Å². The van der Waals surface area contributed by atoms with Crippen LogP contribution in [-0.4, -0.2) is 36.8 Å². The minimum atomic E-state index is 0.0839. The molecule has 16 heavy (non-hydrogen) atoms. The lowest BCUT2D eigenvalue weighted by molar-refractivity contribution is 0.101. The van der Waals surface area contributed by atoms with Crippen molar-refractivity contribution in [1.29, 1.82) is 0 Å². The molecule has 0 amide bonds. The number of hydrogen-bond donors (Lipinski definition) is 0. The Hall–Kier alpha value is -0.720. The third-order valence-corrected chi connectivity index (χ3v) is 4.16. The molecule has 1 aliphatic heterocycles. The second-order valence-corrected chi connectivity index (χ2v) is 5.36. The summed E-state index contributed by atoms with van der Waals surface area (Å²) < 4.78 is 8.01. The van der Waals surface area contributed by atoms with Crippen molar-refractivity contribution < 1.29 is 9.53 Å². The molecule has 4 nitrogen and oxygen atoms in total. The van der Waals surface area contributed by atoms with Gasteiger partial charge in [0.05, 0.1) is 36.9 Å². The zero-order chi connectivity index (χ0) is 11.7. The second-order valence-electron chi connectivity index (χ2n) is 3.72. The highest BCUT2D eigenvalue weighted by molar-refractivity contribution is 7.73. The lowest BCUT2D eigenvalue weighted by Crippen LogP contribution is -2.44. The van der Waals surface area contributed by atoms with E-state index >= 15 is 0 Å². The van der Waals surface area contributed by atoms with Crippen LogP contribution in [0.1, 0.15) is 22.3 Å². The summed E-state index contributed by atoms with van der Waals surface area (Å²) >= 11 is 6.70. The van der Waals surface area contributed by atoms with Crippen molar-refractivity contribution in [3.63, 3.8) is 0 Å². The Morgan fingerprint density at radius 3 is 2.56 bits per heavy atom. The Morgan fingerprint density at radius 2 is 2.06 bits per heavy atom. The van der Waals surface area contributed by atoms with Crippen LogP contribution in [0, 0.1) is 10.9 Å². The monoisotopic (exact) mass is 258 g/mol. The van der Waals surface area contributed by atoms with Crippen molar-refractivity contribution in [2.75, 3.05) is 31.3 Å². The molecule has 0 radical (unpaired) electrons. The first kappa shape index (κ1) is 11.8. The SMILES string of the molecule is CC(=O)c1sc(=S)n(N2CCOCC2)c1C. The number of nitrogens with zero attached hydrogens (tertiary/aromatic N) is 2. The van der Waals surface area contributed by atoms with Gasteiger partial charge in [0.1, 0.15) is 0 Å². The normalized spacial score (nSPS) is 16.5. The van der Waals surface area contributed by atoms with Crippen molar-refractivity contribution in [2.45, 2.75) is 13.8 Å². The Bertz CT molecular complexity index is 458. The molecule has 2 rings (SSSR count). The lowest BCUT2D eigenvalue weighted by Gasteiger charge is -2.30. The van der Waals surface area contributed by atoms with Gasteiger partial charge in [-0.25, -0.2) is 4.68 Å². The first-order valence-corrected chi connectivity index (χ1v) is 6.40. The molecule has 1 fully saturated rings. The molecule has 1 aromatic heterocycles. The molecular weight excluding hydrogens is 244 g/mol. The first-order chi connectivity index (χ1) is 7.61. The largest absolute Gasteiger partial charge is 0.378 e. The smallest absolute Gasteiger partial charge is 0.180 e. The third-order valence-electron chi connectivity index (χ3n) is 2.60. The van der Waals surface area contributed by atoms with E-state index in [-0.39, 0.29) is 5.78 Å². The van der Waals surface area contributed by atoms with Gasteiger partial charge in [0, 0.05) is 6.92 Å². The average molecular weight is 258 g/mol. The van der Waals surface area contributed by atoms with E-state index in [0.29, 0.717) is 13.2 Å². The van der Waals surface area contributed by atoms with Gasteiger partial charge >= 0.3 is 0 Å². The van der Waals surface area contributed by atoms with Crippen molar-refractivity contribution in [3.8, 4) is 0 Å². The van der Waals surface area contributed by atoms with Crippen molar-refractivity contribution in [2.24, 2.45) is 0 Å². The van der Waals surface area contributed by atoms with E-state index in [9.17, 15) is 4.79 Å². The van der Waals surface area contributed by atoms with Gasteiger partial charge in [-0.2, -0.15) is 0 Å². The molecule has 0 unspecified atom stereocenters. The number of ketones is 1. The predicted molar refractivity (Wildman–Crippen MR) is 66.7 cm³/mol. The quantitative estimate of drug-likeness (QED) is 0.598. The van der Waals surface area contributed by atoms with Crippen LogP contribution in [0.4, 0.5) is 0 Å². The number of thiazole rings is 1. The molecule has 0 bridgehead atoms. The summed E-state index contributed by atoms with van der Waals surface area (Å²) in [6.07, 6.45) is 0. The number of morpholine rings is 1. The Balaban J connectivity index is 2.40. The van der Waals surface area contributed by atoms with Crippen LogP contribution in [0.15, 0.2) is 0 Å². The summed E-state index contributed by atoms with van der Waals surface area (Å²) in [5.74, 6) is 0.0839. The van der Waals surface area contributed by atoms with Gasteiger partial charge in [-0.3, -0.25) is 4.79 Å². The van der Waals surface area contributed by atoms with E-state index in [2.05, 4.69) is 5.01 Å². The highest BCUT2D eigenvalue weighted by Crippen LogP contribution is 2.20. The van der Waals surface area contributed by atoms with Crippen LogP contribution in [0.5, 0.6) is 0 Å². The van der Waals surface area contributed by atoms with E-state index in [4.69, 9.17) is 17.0 Å². The molecule has 1 aromatic rings. The van der Waals surface area contributed by atoms with Gasteiger partial charge in [-0.1, -0.05) is 11.3 Å². The number of Topliss-reactive ketones (excluding diaryl/α,β-unsaturated/α-hetero) is 1. The zero-order valence-electron chi connectivity index (χ0n) is 9.36. The molecule has 0 N–H and O–H groups in total. The summed E-state index contributed by atoms with van der Waals surface area (Å²) in [5, 5.41) is 2.14. The zero-order valence-corrected chi connectivity index (χ0v) is 11.0. The molecule has 0 spiro atoms. The fraction of sp³-hybridized carbons (Fsp3) is 0.600. The topological polar surface area (TPSA) is 34.5 Å². The van der Waals surface area contributed by atoms with Crippen LogP contribution >= 0.6 is 23.6 Å². The molecule has 6 heteroatoms. The Labute approximate surface area is 103 Å². The van der Waals surface area contributed by atoms with Crippen LogP contribution in [0.2, 0.25) is 0 Å². The number of aromatic nitrogens is 1. The van der Waals surface area contributed by atoms with Crippen LogP contribution in [0.25, 0.3) is 0 Å². The van der Waals surface area contributed by atoms with E-state index in [0.717, 1.165) is 27.6 Å². The number of carbonyl (C=O) groups excluding carboxylic acids is 1. The average Bonchev–Trinajstić information content (AvgIpc) is 2.56. The van der Waals surface area contributed by atoms with Gasteiger partial charge in [0.25, 0.3) is 0 Å². The van der Waals surface area contributed by atoms with E-state index in [1.807, 2.05) is 11.6 Å². The molecule has 1 aliphatic rings. The van der Waals surface area contributed by atoms with Gasteiger partial charge in [-0.05, 0) is 19.1 Å². The van der Waals surface area contributed by atoms with Crippen molar-refractivity contribution >= 4 is 29.3 Å². The van der Waals surface area contributed by atoms with Crippen molar-refractivity contribution in [1.82, 2.24) is 4.68 Å². The molecule has 0 aliphatic carbocycles. The fourth-order valence-electron chi connectivity index (χ4n) is 1.85. The van der Waals surface area contributed by atoms with Gasteiger partial charge in [-0.15, -0.1) is 0 Å². The van der Waals surface area contributed by atoms with Crippen LogP contribution < -0.4 is 5.01 Å². The summed E-state index contributed by atoms with van der Waals surface area (Å²) in [4.78, 5) is 12.2. The lowest BCUT2D eigenvalue weighted by atomic mass is 10.3. The molecule has 0 saturated carbocycles. The summed E-state index contributed by atoms with van der Waals surface area (Å²) in [6, 6.07) is 0. The summed E-state index contributed by atoms with van der Waals surface area (Å²) in [6.45, 7) is 6.60. The predicted octanol–water partition coefficient (Wildman–Crippen LogP) is 1.76. The summed E-state index contributed by atoms with van der Waals surface area (Å²) in [5.41, 5.74) is 0.949. The van der Waals surface area contributed by atoms with E-state index < -0.39 is 0 Å². The van der Waals surface area contributed by atoms with Crippen LogP contribution in [-0.2, 0) is 4.74 Å². The van der Waals surface area contributed by atoms with Crippen LogP contribution in [0.3, 0.4) is 0 Å². The highest BCUT2D eigenvalue weighted by atomic mass is 32.1. The van der Waals surface area contributed by atoms with Gasteiger partial charge in [0.15, 0.2) is 9.74 Å². The minimum Gasteiger partial charge on any atom is -0.378 e. The molecule has 0 aromatic carbocycles.